The minimum Gasteiger partial charge on any atom is -0.495 e. The maximum Gasteiger partial charge on any atom is 0.276 e. The van der Waals surface area contributed by atoms with Crippen LogP contribution in [0.15, 0.2) is 16.6 Å². The quantitative estimate of drug-likeness (QED) is 0.889. The summed E-state index contributed by atoms with van der Waals surface area (Å²) >= 11 is 3.40. The molecule has 1 heterocycles. The van der Waals surface area contributed by atoms with Gasteiger partial charge in [-0.3, -0.25) is 9.48 Å². The normalized spacial score (nSPS) is 10.5. The van der Waals surface area contributed by atoms with Gasteiger partial charge >= 0.3 is 0 Å². The summed E-state index contributed by atoms with van der Waals surface area (Å²) in [6.07, 6.45) is 0. The molecule has 21 heavy (non-hydrogen) atoms. The lowest BCUT2D eigenvalue weighted by atomic mass is 10.1. The lowest BCUT2D eigenvalue weighted by molar-refractivity contribution is 0.101. The molecule has 3 N–H and O–H groups in total. The first kappa shape index (κ1) is 15.4. The van der Waals surface area contributed by atoms with Gasteiger partial charge < -0.3 is 15.8 Å². The van der Waals surface area contributed by atoms with Gasteiger partial charge in [0.2, 0.25) is 0 Å². The third-order valence-corrected chi connectivity index (χ3v) is 3.66. The summed E-state index contributed by atoms with van der Waals surface area (Å²) in [4.78, 5) is 12.5. The smallest absolute Gasteiger partial charge is 0.276 e. The van der Waals surface area contributed by atoms with Crippen molar-refractivity contribution < 1.29 is 9.53 Å². The van der Waals surface area contributed by atoms with Crippen molar-refractivity contribution in [1.82, 2.24) is 9.78 Å². The molecule has 2 rings (SSSR count). The average molecular weight is 353 g/mol. The number of nitrogens with zero attached hydrogens (tertiary/aromatic N) is 2. The van der Waals surface area contributed by atoms with Gasteiger partial charge in [0.25, 0.3) is 5.91 Å². The molecule has 0 aliphatic heterocycles. The number of methoxy groups -OCH3 is 1. The van der Waals surface area contributed by atoms with Crippen molar-refractivity contribution in [3.63, 3.8) is 0 Å². The molecular formula is C14H17BrN4O2. The molecular weight excluding hydrogens is 336 g/mol. The third-order valence-electron chi connectivity index (χ3n) is 3.21. The molecule has 0 saturated heterocycles. The van der Waals surface area contributed by atoms with Crippen molar-refractivity contribution in [3.8, 4) is 5.75 Å². The Morgan fingerprint density at radius 1 is 1.43 bits per heavy atom. The van der Waals surface area contributed by atoms with Crippen LogP contribution in [0.25, 0.3) is 0 Å². The van der Waals surface area contributed by atoms with Gasteiger partial charge in [0.15, 0.2) is 0 Å². The first-order chi connectivity index (χ1) is 9.85. The van der Waals surface area contributed by atoms with E-state index in [9.17, 15) is 4.79 Å². The van der Waals surface area contributed by atoms with Crippen LogP contribution in [-0.4, -0.2) is 22.8 Å². The molecule has 112 valence electrons. The second-order valence-corrected chi connectivity index (χ2v) is 5.64. The number of aromatic nitrogens is 2. The molecule has 1 aromatic heterocycles. The van der Waals surface area contributed by atoms with Gasteiger partial charge in [-0.2, -0.15) is 5.10 Å². The van der Waals surface area contributed by atoms with Crippen LogP contribution >= 0.6 is 15.9 Å². The molecule has 2 aromatic rings. The molecule has 0 bridgehead atoms. The monoisotopic (exact) mass is 352 g/mol. The van der Waals surface area contributed by atoms with E-state index < -0.39 is 0 Å². The minimum atomic E-state index is -0.320. The lowest BCUT2D eigenvalue weighted by Crippen LogP contribution is -2.18. The SMILES string of the molecule is COc1cc(Br)cc(C)c1NC(=O)c1c(N)c(C)nn1C. The van der Waals surface area contributed by atoms with Crippen LogP contribution in [-0.2, 0) is 7.05 Å². The van der Waals surface area contributed by atoms with E-state index in [0.717, 1.165) is 10.0 Å². The molecule has 0 saturated carbocycles. The molecule has 0 aliphatic rings. The zero-order valence-electron chi connectivity index (χ0n) is 12.3. The number of hydrogen-bond donors (Lipinski definition) is 2. The van der Waals surface area contributed by atoms with Crippen LogP contribution < -0.4 is 15.8 Å². The van der Waals surface area contributed by atoms with Gasteiger partial charge in [0, 0.05) is 11.5 Å². The Morgan fingerprint density at radius 3 is 2.62 bits per heavy atom. The fraction of sp³-hybridized carbons (Fsp3) is 0.286. The average Bonchev–Trinajstić information content (AvgIpc) is 2.66. The molecule has 1 aromatic carbocycles. The molecule has 0 fully saturated rings. The van der Waals surface area contributed by atoms with E-state index in [4.69, 9.17) is 10.5 Å². The summed E-state index contributed by atoms with van der Waals surface area (Å²) in [5, 5.41) is 6.99. The van der Waals surface area contributed by atoms with E-state index >= 15 is 0 Å². The van der Waals surface area contributed by atoms with E-state index in [1.54, 1.807) is 27.1 Å². The maximum absolute atomic E-state index is 12.5. The van der Waals surface area contributed by atoms with Crippen LogP contribution in [0.4, 0.5) is 11.4 Å². The Hall–Kier alpha value is -2.02. The molecule has 7 heteroatoms. The van der Waals surface area contributed by atoms with Crippen LogP contribution in [0.5, 0.6) is 5.75 Å². The highest BCUT2D eigenvalue weighted by Gasteiger charge is 2.20. The first-order valence-corrected chi connectivity index (χ1v) is 7.09. The number of halogens is 1. The number of amides is 1. The Balaban J connectivity index is 2.40. The second-order valence-electron chi connectivity index (χ2n) is 4.73. The van der Waals surface area contributed by atoms with Gasteiger partial charge in [0.1, 0.15) is 11.4 Å². The summed E-state index contributed by atoms with van der Waals surface area (Å²) < 4.78 is 7.66. The first-order valence-electron chi connectivity index (χ1n) is 6.29. The van der Waals surface area contributed by atoms with Crippen molar-refractivity contribution in [2.24, 2.45) is 7.05 Å². The molecule has 6 nitrogen and oxygen atoms in total. The molecule has 0 radical (unpaired) electrons. The van der Waals surface area contributed by atoms with Gasteiger partial charge in [-0.1, -0.05) is 15.9 Å². The number of hydrogen-bond acceptors (Lipinski definition) is 4. The summed E-state index contributed by atoms with van der Waals surface area (Å²) in [5.41, 5.74) is 8.74. The van der Waals surface area contributed by atoms with Gasteiger partial charge in [-0.15, -0.1) is 0 Å². The van der Waals surface area contributed by atoms with Crippen LogP contribution in [0.3, 0.4) is 0 Å². The molecule has 0 spiro atoms. The number of carbonyl (C=O) groups excluding carboxylic acids is 1. The number of anilines is 2. The number of benzene rings is 1. The number of nitrogens with one attached hydrogen (secondary N) is 1. The standard InChI is InChI=1S/C14H17BrN4O2/c1-7-5-9(15)6-10(21-4)12(7)17-14(20)13-11(16)8(2)18-19(13)3/h5-6H,16H2,1-4H3,(H,17,20). The third kappa shape index (κ3) is 2.87. The predicted molar refractivity (Wildman–Crippen MR) is 85.7 cm³/mol. The van der Waals surface area contributed by atoms with E-state index in [2.05, 4.69) is 26.3 Å². The number of rotatable bonds is 3. The number of nitrogens with two attached hydrogens (primary N) is 1. The van der Waals surface area contributed by atoms with Crippen molar-refractivity contribution in [2.75, 3.05) is 18.2 Å². The molecule has 0 unspecified atom stereocenters. The molecule has 0 aliphatic carbocycles. The number of nitrogen functional groups attached to an aromatic ring is 1. The van der Waals surface area contributed by atoms with Crippen molar-refractivity contribution in [2.45, 2.75) is 13.8 Å². The van der Waals surface area contributed by atoms with Gasteiger partial charge in [0.05, 0.1) is 24.2 Å². The summed E-state index contributed by atoms with van der Waals surface area (Å²) in [6.45, 7) is 3.65. The highest BCUT2D eigenvalue weighted by molar-refractivity contribution is 9.10. The Labute approximate surface area is 131 Å². The van der Waals surface area contributed by atoms with Crippen LogP contribution in [0.1, 0.15) is 21.7 Å². The zero-order chi connectivity index (χ0) is 15.7. The van der Waals surface area contributed by atoms with E-state index in [0.29, 0.717) is 28.5 Å². The molecule has 1 amide bonds. The summed E-state index contributed by atoms with van der Waals surface area (Å²) in [5.74, 6) is 0.256. The maximum atomic E-state index is 12.5. The fourth-order valence-electron chi connectivity index (χ4n) is 2.15. The van der Waals surface area contributed by atoms with Gasteiger partial charge in [-0.25, -0.2) is 0 Å². The summed E-state index contributed by atoms with van der Waals surface area (Å²) in [7, 11) is 3.24. The van der Waals surface area contributed by atoms with Crippen LogP contribution in [0.2, 0.25) is 0 Å². The number of ether oxygens (including phenoxy) is 1. The van der Waals surface area contributed by atoms with Crippen molar-refractivity contribution in [3.05, 3.63) is 33.6 Å². The van der Waals surface area contributed by atoms with Gasteiger partial charge in [-0.05, 0) is 31.5 Å². The Morgan fingerprint density at radius 2 is 2.10 bits per heavy atom. The van der Waals surface area contributed by atoms with Crippen molar-refractivity contribution >= 4 is 33.2 Å². The lowest BCUT2D eigenvalue weighted by Gasteiger charge is -2.14. The number of aryl methyl sites for hydroxylation is 3. The molecule has 0 atom stereocenters. The van der Waals surface area contributed by atoms with E-state index in [-0.39, 0.29) is 5.91 Å². The van der Waals surface area contributed by atoms with E-state index in [1.807, 2.05) is 13.0 Å². The highest BCUT2D eigenvalue weighted by Crippen LogP contribution is 2.32. The minimum absolute atomic E-state index is 0.320. The predicted octanol–water partition coefficient (Wildman–Crippen LogP) is 2.64. The topological polar surface area (TPSA) is 82.2 Å². The number of carbonyl (C=O) groups is 1. The Bertz CT molecular complexity index is 709. The fourth-order valence-corrected chi connectivity index (χ4v) is 2.70. The zero-order valence-corrected chi connectivity index (χ0v) is 13.9. The second kappa shape index (κ2) is 5.77. The Kier molecular flexibility index (Phi) is 4.22. The van der Waals surface area contributed by atoms with E-state index in [1.165, 1.54) is 4.68 Å². The largest absolute Gasteiger partial charge is 0.495 e. The van der Waals surface area contributed by atoms with Crippen molar-refractivity contribution in [1.29, 1.82) is 0 Å². The van der Waals surface area contributed by atoms with Crippen LogP contribution in [0, 0.1) is 13.8 Å². The summed E-state index contributed by atoms with van der Waals surface area (Å²) in [6, 6.07) is 3.69. The highest BCUT2D eigenvalue weighted by atomic mass is 79.9.